The third-order valence-corrected chi connectivity index (χ3v) is 6.15. The van der Waals surface area contributed by atoms with Crippen molar-refractivity contribution in [2.45, 2.75) is 20.4 Å². The van der Waals surface area contributed by atoms with Gasteiger partial charge in [0, 0.05) is 11.1 Å². The predicted octanol–water partition coefficient (Wildman–Crippen LogP) is 4.94. The highest BCUT2D eigenvalue weighted by molar-refractivity contribution is 9.10. The molecule has 1 aliphatic rings. The van der Waals surface area contributed by atoms with Gasteiger partial charge in [0.15, 0.2) is 17.3 Å². The number of halogens is 1. The van der Waals surface area contributed by atoms with E-state index < -0.39 is 0 Å². The molecule has 0 atom stereocenters. The van der Waals surface area contributed by atoms with E-state index in [1.165, 1.54) is 0 Å². The summed E-state index contributed by atoms with van der Waals surface area (Å²) in [5, 5.41) is 4.57. The minimum absolute atomic E-state index is 0.104. The Bertz CT molecular complexity index is 1150. The highest BCUT2D eigenvalue weighted by atomic mass is 79.9. The van der Waals surface area contributed by atoms with Crippen molar-refractivity contribution in [1.29, 1.82) is 0 Å². The van der Waals surface area contributed by atoms with Gasteiger partial charge in [0.05, 0.1) is 29.5 Å². The van der Waals surface area contributed by atoms with Crippen LogP contribution in [-0.4, -0.2) is 29.5 Å². The van der Waals surface area contributed by atoms with E-state index in [4.69, 9.17) is 14.2 Å². The van der Waals surface area contributed by atoms with E-state index in [1.54, 1.807) is 37.5 Å². The van der Waals surface area contributed by atoms with E-state index in [0.717, 1.165) is 32.7 Å². The zero-order chi connectivity index (χ0) is 21.3. The van der Waals surface area contributed by atoms with Crippen LogP contribution in [0, 0.1) is 13.8 Å². The molecule has 30 heavy (non-hydrogen) atoms. The fourth-order valence-electron chi connectivity index (χ4n) is 3.33. The van der Waals surface area contributed by atoms with Crippen LogP contribution in [0.25, 0.3) is 6.08 Å². The number of fused-ring (bicyclic) bond motifs is 1. The van der Waals surface area contributed by atoms with E-state index in [0.29, 0.717) is 23.6 Å². The van der Waals surface area contributed by atoms with E-state index in [2.05, 4.69) is 21.0 Å². The van der Waals surface area contributed by atoms with E-state index >= 15 is 0 Å². The fourth-order valence-corrected chi connectivity index (χ4v) is 3.62. The van der Waals surface area contributed by atoms with Crippen LogP contribution in [0.4, 0.5) is 0 Å². The molecule has 7 heteroatoms. The highest BCUT2D eigenvalue weighted by Crippen LogP contribution is 2.32. The molecule has 2 heterocycles. The summed E-state index contributed by atoms with van der Waals surface area (Å²) in [7, 11) is 1.65. The zero-order valence-electron chi connectivity index (χ0n) is 16.9. The van der Waals surface area contributed by atoms with Gasteiger partial charge in [-0.1, -0.05) is 12.1 Å². The third-order valence-electron chi connectivity index (χ3n) is 5.00. The number of allylic oxidation sites excluding steroid dienone is 1. The fraction of sp³-hybridized carbons (Fsp3) is 0.217. The Balaban J connectivity index is 1.56. The van der Waals surface area contributed by atoms with E-state index in [9.17, 15) is 4.79 Å². The number of nitrogens with zero attached hydrogens (tertiary/aromatic N) is 2. The molecule has 0 bridgehead atoms. The minimum atomic E-state index is -0.104. The van der Waals surface area contributed by atoms with Gasteiger partial charge in [0.2, 0.25) is 6.79 Å². The van der Waals surface area contributed by atoms with Crippen molar-refractivity contribution in [3.8, 4) is 17.2 Å². The summed E-state index contributed by atoms with van der Waals surface area (Å²) in [6.45, 7) is 4.73. The molecule has 0 fully saturated rings. The molecule has 1 aromatic heterocycles. The molecule has 0 unspecified atom stereocenters. The normalized spacial score (nSPS) is 12.5. The van der Waals surface area contributed by atoms with Crippen LogP contribution in [-0.2, 0) is 6.54 Å². The number of benzene rings is 2. The summed E-state index contributed by atoms with van der Waals surface area (Å²) in [5.74, 6) is 1.93. The Labute approximate surface area is 183 Å². The van der Waals surface area contributed by atoms with Crippen molar-refractivity contribution in [3.05, 3.63) is 75.0 Å². The minimum Gasteiger partial charge on any atom is -0.496 e. The maximum atomic E-state index is 12.6. The van der Waals surface area contributed by atoms with Gasteiger partial charge in [-0.25, -0.2) is 0 Å². The first kappa shape index (κ1) is 20.2. The maximum absolute atomic E-state index is 12.6. The number of ether oxygens (including phenoxy) is 3. The van der Waals surface area contributed by atoms with E-state index in [1.807, 2.05) is 36.7 Å². The molecular weight excluding hydrogens is 448 g/mol. The van der Waals surface area contributed by atoms with Crippen molar-refractivity contribution in [3.63, 3.8) is 0 Å². The molecule has 0 amide bonds. The van der Waals surface area contributed by atoms with Crippen LogP contribution in [0.2, 0.25) is 0 Å². The summed E-state index contributed by atoms with van der Waals surface area (Å²) < 4.78 is 19.1. The first-order valence-corrected chi connectivity index (χ1v) is 10.2. The van der Waals surface area contributed by atoms with Gasteiger partial charge in [-0.2, -0.15) is 5.10 Å². The Kier molecular flexibility index (Phi) is 5.63. The second-order valence-corrected chi connectivity index (χ2v) is 7.77. The number of carbonyl (C=O) groups is 1. The molecule has 2 aromatic carbocycles. The van der Waals surface area contributed by atoms with Crippen molar-refractivity contribution in [2.75, 3.05) is 13.9 Å². The molecule has 4 rings (SSSR count). The number of hydrogen-bond acceptors (Lipinski definition) is 5. The number of rotatable bonds is 6. The van der Waals surface area contributed by atoms with Gasteiger partial charge in [-0.05, 0) is 71.7 Å². The zero-order valence-corrected chi connectivity index (χ0v) is 18.5. The quantitative estimate of drug-likeness (QED) is 0.378. The topological polar surface area (TPSA) is 62.6 Å². The molecule has 0 spiro atoms. The second-order valence-electron chi connectivity index (χ2n) is 6.98. The van der Waals surface area contributed by atoms with Crippen LogP contribution in [0.3, 0.4) is 0 Å². The highest BCUT2D eigenvalue weighted by Gasteiger charge is 2.15. The average molecular weight is 469 g/mol. The van der Waals surface area contributed by atoms with Crippen molar-refractivity contribution in [2.24, 2.45) is 0 Å². The number of aryl methyl sites for hydroxylation is 1. The van der Waals surface area contributed by atoms with E-state index in [-0.39, 0.29) is 12.6 Å². The lowest BCUT2D eigenvalue weighted by Gasteiger charge is -2.11. The third kappa shape index (κ3) is 3.98. The lowest BCUT2D eigenvalue weighted by Crippen LogP contribution is -2.06. The summed E-state index contributed by atoms with van der Waals surface area (Å²) in [6.07, 6.45) is 3.36. The van der Waals surface area contributed by atoms with Gasteiger partial charge in [-0.3, -0.25) is 9.48 Å². The first-order chi connectivity index (χ1) is 14.5. The molecule has 6 nitrogen and oxygen atoms in total. The molecule has 0 aliphatic carbocycles. The second kappa shape index (κ2) is 8.36. The Morgan fingerprint density at radius 2 is 2.00 bits per heavy atom. The van der Waals surface area contributed by atoms with Gasteiger partial charge in [0.1, 0.15) is 5.75 Å². The van der Waals surface area contributed by atoms with Gasteiger partial charge < -0.3 is 14.2 Å². The number of methoxy groups -OCH3 is 1. The van der Waals surface area contributed by atoms with Gasteiger partial charge >= 0.3 is 0 Å². The monoisotopic (exact) mass is 468 g/mol. The first-order valence-electron chi connectivity index (χ1n) is 9.44. The summed E-state index contributed by atoms with van der Waals surface area (Å²) in [4.78, 5) is 12.6. The molecule has 0 saturated carbocycles. The van der Waals surface area contributed by atoms with Gasteiger partial charge in [0.25, 0.3) is 0 Å². The molecule has 0 saturated heterocycles. The molecule has 154 valence electrons. The maximum Gasteiger partial charge on any atom is 0.231 e. The number of carbonyl (C=O) groups excluding carboxylic acids is 1. The van der Waals surface area contributed by atoms with Crippen LogP contribution in [0.15, 0.2) is 46.9 Å². The molecule has 3 aromatic rings. The lowest BCUT2D eigenvalue weighted by atomic mass is 10.1. The summed E-state index contributed by atoms with van der Waals surface area (Å²) >= 11 is 3.56. The smallest absolute Gasteiger partial charge is 0.231 e. The van der Waals surface area contributed by atoms with Crippen molar-refractivity contribution < 1.29 is 19.0 Å². The van der Waals surface area contributed by atoms with Crippen LogP contribution in [0.1, 0.15) is 32.9 Å². The molecular formula is C23H21BrN2O4. The summed E-state index contributed by atoms with van der Waals surface area (Å²) in [5.41, 5.74) is 4.43. The molecule has 0 radical (unpaired) electrons. The number of aromatic nitrogens is 2. The largest absolute Gasteiger partial charge is 0.496 e. The standard InChI is InChI=1S/C23H21BrN2O4/c1-14-23(24)15(2)26(25-14)12-18-10-16(5-8-20(18)28-3)4-7-19(27)17-6-9-21-22(11-17)30-13-29-21/h4-11H,12-13H2,1-3H3/b7-4+. The van der Waals surface area contributed by atoms with Crippen molar-refractivity contribution in [1.82, 2.24) is 9.78 Å². The predicted molar refractivity (Wildman–Crippen MR) is 117 cm³/mol. The number of hydrogen-bond donors (Lipinski definition) is 0. The SMILES string of the molecule is COc1ccc(/C=C/C(=O)c2ccc3c(c2)OCO3)cc1Cn1nc(C)c(Br)c1C. The Morgan fingerprint density at radius 1 is 1.20 bits per heavy atom. The van der Waals surface area contributed by atoms with Crippen molar-refractivity contribution >= 4 is 27.8 Å². The van der Waals surface area contributed by atoms with Crippen LogP contribution in [0.5, 0.6) is 17.2 Å². The number of ketones is 1. The summed E-state index contributed by atoms with van der Waals surface area (Å²) in [6, 6.07) is 11.0. The van der Waals surface area contributed by atoms with Gasteiger partial charge in [-0.15, -0.1) is 0 Å². The van der Waals surface area contributed by atoms with Crippen LogP contribution >= 0.6 is 15.9 Å². The lowest BCUT2D eigenvalue weighted by molar-refractivity contribution is 0.104. The Morgan fingerprint density at radius 3 is 2.73 bits per heavy atom. The molecule has 0 N–H and O–H groups in total. The Hall–Kier alpha value is -3.06. The average Bonchev–Trinajstić information content (AvgIpc) is 3.32. The molecule has 1 aliphatic heterocycles. The van der Waals surface area contributed by atoms with Crippen LogP contribution < -0.4 is 14.2 Å².